The van der Waals surface area contributed by atoms with Gasteiger partial charge in [-0.15, -0.1) is 0 Å². The Balaban J connectivity index is 0.000000133. The van der Waals surface area contributed by atoms with Crippen LogP contribution in [0.2, 0.25) is 0 Å². The molecule has 0 saturated carbocycles. The minimum absolute atomic E-state index is 0.234. The molecule has 12 rings (SSSR count). The second-order valence-electron chi connectivity index (χ2n) is 18.3. The standard InChI is InChI=1S/C22H17FN2OS.C21H16FN3OS.C19H19FN4/c1-27(26)19-8-4-16(5-9-19)21-14-20(15-2-6-18(23)7-3-15)22(25-21)17-10-12-24-13-11-17;1-27(26)18-8-4-16(5-9-18)21-24-19(14-2-6-17(22)7-3-14)20(25-21)15-10-12-23-13-11-15;20-16-3-1-14(2-4-16)18-19(15-5-9-21-10-6-15)24(13-23-18)17-7-11-22-12-8-17/h2-14,25H,1H3;2-13H,1H3,(H,24,25);1-6,9-10,13,17,22H,7-8,11-12H2. The topological polar surface area (TPSA) is 147 Å². The van der Waals surface area contributed by atoms with Crippen molar-refractivity contribution in [3.63, 3.8) is 0 Å². The summed E-state index contributed by atoms with van der Waals surface area (Å²) in [5, 5.41) is 3.40. The van der Waals surface area contributed by atoms with Gasteiger partial charge in [0, 0.05) is 132 Å². The fourth-order valence-electron chi connectivity index (χ4n) is 9.24. The summed E-state index contributed by atoms with van der Waals surface area (Å²) in [6.07, 6.45) is 17.9. The van der Waals surface area contributed by atoms with Crippen molar-refractivity contribution in [1.29, 1.82) is 0 Å². The molecule has 7 heterocycles. The van der Waals surface area contributed by atoms with E-state index in [1.165, 1.54) is 36.4 Å². The largest absolute Gasteiger partial charge is 0.354 e. The molecule has 1 aliphatic rings. The number of nitrogens with one attached hydrogen (secondary N) is 3. The first-order valence-electron chi connectivity index (χ1n) is 25.0. The highest BCUT2D eigenvalue weighted by molar-refractivity contribution is 7.84. The molecule has 2 unspecified atom stereocenters. The molecule has 1 fully saturated rings. The average Bonchev–Trinajstić information content (AvgIpc) is 4.33. The first-order chi connectivity index (χ1) is 38.1. The van der Waals surface area contributed by atoms with E-state index in [1.54, 1.807) is 86.1 Å². The third-order valence-corrected chi connectivity index (χ3v) is 15.1. The van der Waals surface area contributed by atoms with Gasteiger partial charge in [-0.25, -0.2) is 23.1 Å². The second kappa shape index (κ2) is 24.5. The second-order valence-corrected chi connectivity index (χ2v) is 21.1. The van der Waals surface area contributed by atoms with Crippen molar-refractivity contribution in [3.8, 4) is 90.1 Å². The lowest BCUT2D eigenvalue weighted by Gasteiger charge is -2.26. The lowest BCUT2D eigenvalue weighted by molar-refractivity contribution is 0.370. The number of H-pyrrole nitrogens is 2. The van der Waals surface area contributed by atoms with Crippen LogP contribution >= 0.6 is 0 Å². The first kappa shape index (κ1) is 52.7. The quantitative estimate of drug-likeness (QED) is 0.116. The van der Waals surface area contributed by atoms with Crippen LogP contribution in [0.1, 0.15) is 18.9 Å². The van der Waals surface area contributed by atoms with E-state index in [-0.39, 0.29) is 17.5 Å². The average molecular weight is 1080 g/mol. The van der Waals surface area contributed by atoms with Crippen LogP contribution in [0.3, 0.4) is 0 Å². The van der Waals surface area contributed by atoms with Crippen molar-refractivity contribution < 1.29 is 21.6 Å². The minimum Gasteiger partial charge on any atom is -0.354 e. The molecule has 0 aliphatic carbocycles. The van der Waals surface area contributed by atoms with E-state index >= 15 is 0 Å². The number of pyridine rings is 3. The number of hydrogen-bond donors (Lipinski definition) is 3. The molecule has 5 aromatic carbocycles. The van der Waals surface area contributed by atoms with Gasteiger partial charge >= 0.3 is 0 Å². The molecule has 390 valence electrons. The highest BCUT2D eigenvalue weighted by Gasteiger charge is 2.23. The zero-order valence-electron chi connectivity index (χ0n) is 42.5. The summed E-state index contributed by atoms with van der Waals surface area (Å²) in [6, 6.07) is 48.5. The van der Waals surface area contributed by atoms with Crippen LogP contribution in [-0.2, 0) is 21.6 Å². The zero-order chi connectivity index (χ0) is 54.0. The van der Waals surface area contributed by atoms with E-state index in [0.29, 0.717) is 11.9 Å². The van der Waals surface area contributed by atoms with Gasteiger partial charge in [0.05, 0.1) is 34.8 Å². The lowest BCUT2D eigenvalue weighted by atomic mass is 10.0. The van der Waals surface area contributed by atoms with Crippen molar-refractivity contribution in [2.24, 2.45) is 0 Å². The van der Waals surface area contributed by atoms with Gasteiger partial charge in [-0.1, -0.05) is 36.4 Å². The fraction of sp³-hybridized carbons (Fsp3) is 0.113. The van der Waals surface area contributed by atoms with Crippen molar-refractivity contribution in [2.45, 2.75) is 28.7 Å². The van der Waals surface area contributed by atoms with Crippen molar-refractivity contribution in [1.82, 2.24) is 44.8 Å². The van der Waals surface area contributed by atoms with E-state index in [4.69, 9.17) is 4.98 Å². The molecule has 0 bridgehead atoms. The summed E-state index contributed by atoms with van der Waals surface area (Å²) in [6.45, 7) is 2.04. The molecule has 11 aromatic rings. The smallest absolute Gasteiger partial charge is 0.138 e. The minimum atomic E-state index is -1.03. The number of hydrogen-bond acceptors (Lipinski definition) is 8. The Bertz CT molecular complexity index is 3600. The summed E-state index contributed by atoms with van der Waals surface area (Å²) in [5.41, 5.74) is 14.0. The maximum atomic E-state index is 13.4. The molecular weight excluding hydrogens is 1020 g/mol. The summed E-state index contributed by atoms with van der Waals surface area (Å²) in [7, 11) is -2.03. The monoisotopic (exact) mass is 1080 g/mol. The third kappa shape index (κ3) is 12.4. The van der Waals surface area contributed by atoms with Gasteiger partial charge in [0.25, 0.3) is 0 Å². The number of halogens is 3. The molecule has 78 heavy (non-hydrogen) atoms. The summed E-state index contributed by atoms with van der Waals surface area (Å²) < 4.78 is 65.5. The van der Waals surface area contributed by atoms with E-state index in [2.05, 4.69) is 45.9 Å². The molecule has 6 aromatic heterocycles. The molecule has 2 atom stereocenters. The Kier molecular flexibility index (Phi) is 16.6. The van der Waals surface area contributed by atoms with Crippen LogP contribution in [0, 0.1) is 17.5 Å². The Hall–Kier alpha value is -8.70. The van der Waals surface area contributed by atoms with Crippen molar-refractivity contribution >= 4 is 21.6 Å². The lowest BCUT2D eigenvalue weighted by Crippen LogP contribution is -2.29. The van der Waals surface area contributed by atoms with Crippen molar-refractivity contribution in [3.05, 3.63) is 225 Å². The van der Waals surface area contributed by atoms with Crippen LogP contribution in [0.25, 0.3) is 90.1 Å². The Morgan fingerprint density at radius 3 is 1.41 bits per heavy atom. The first-order valence-corrected chi connectivity index (χ1v) is 28.1. The van der Waals surface area contributed by atoms with Gasteiger partial charge in [-0.05, 0) is 164 Å². The maximum Gasteiger partial charge on any atom is 0.138 e. The van der Waals surface area contributed by atoms with Crippen LogP contribution in [0.15, 0.2) is 217 Å². The molecule has 16 heteroatoms. The molecule has 3 N–H and O–H groups in total. The molecule has 1 aliphatic heterocycles. The molecule has 0 amide bonds. The highest BCUT2D eigenvalue weighted by atomic mass is 32.2. The predicted molar refractivity (Wildman–Crippen MR) is 304 cm³/mol. The van der Waals surface area contributed by atoms with Crippen LogP contribution in [0.4, 0.5) is 13.2 Å². The highest BCUT2D eigenvalue weighted by Crippen LogP contribution is 2.38. The Labute approximate surface area is 454 Å². The molecular formula is C62H52F3N9O2S2. The number of piperidine rings is 1. The molecule has 11 nitrogen and oxygen atoms in total. The Morgan fingerprint density at radius 2 is 0.910 bits per heavy atom. The summed E-state index contributed by atoms with van der Waals surface area (Å²) in [5.74, 6) is -0.0946. The van der Waals surface area contributed by atoms with Gasteiger partial charge in [0.1, 0.15) is 23.3 Å². The SMILES string of the molecule is CS(=O)c1ccc(-c2cc(-c3ccc(F)cc3)c(-c3ccncc3)[nH]2)cc1.CS(=O)c1ccc(-c2nc(-c3ccc(F)cc3)c(-c3ccncc3)[nH]2)cc1.Fc1ccc(-c2ncn(C3CCNCC3)c2-c2ccncc2)cc1. The van der Waals surface area contributed by atoms with Gasteiger partial charge in [0.15, 0.2) is 0 Å². The maximum absolute atomic E-state index is 13.4. The van der Waals surface area contributed by atoms with Crippen LogP contribution in [-0.4, -0.2) is 73.5 Å². The van der Waals surface area contributed by atoms with E-state index < -0.39 is 21.6 Å². The van der Waals surface area contributed by atoms with Crippen molar-refractivity contribution in [2.75, 3.05) is 25.6 Å². The molecule has 0 spiro atoms. The van der Waals surface area contributed by atoms with Gasteiger partial charge in [-0.2, -0.15) is 0 Å². The summed E-state index contributed by atoms with van der Waals surface area (Å²) >= 11 is 0. The third-order valence-electron chi connectivity index (χ3n) is 13.3. The zero-order valence-corrected chi connectivity index (χ0v) is 44.1. The molecule has 1 saturated heterocycles. The van der Waals surface area contributed by atoms with Gasteiger partial charge < -0.3 is 19.9 Å². The number of nitrogens with zero attached hydrogens (tertiary/aromatic N) is 6. The number of aromatic amines is 2. The number of imidazole rings is 2. The van der Waals surface area contributed by atoms with Gasteiger partial charge in [0.2, 0.25) is 0 Å². The fourth-order valence-corrected chi connectivity index (χ4v) is 10.3. The normalized spacial score (nSPS) is 13.1. The van der Waals surface area contributed by atoms with E-state index in [0.717, 1.165) is 120 Å². The Morgan fingerprint density at radius 1 is 0.474 bits per heavy atom. The van der Waals surface area contributed by atoms with E-state index in [1.807, 2.05) is 91.3 Å². The molecule has 0 radical (unpaired) electrons. The summed E-state index contributed by atoms with van der Waals surface area (Å²) in [4.78, 5) is 30.1. The number of rotatable bonds is 11. The number of aromatic nitrogens is 8. The van der Waals surface area contributed by atoms with E-state index in [9.17, 15) is 21.6 Å². The predicted octanol–water partition coefficient (Wildman–Crippen LogP) is 13.6. The van der Waals surface area contributed by atoms with Crippen LogP contribution < -0.4 is 5.32 Å². The van der Waals surface area contributed by atoms with Gasteiger partial charge in [-0.3, -0.25) is 23.4 Å². The van der Waals surface area contributed by atoms with Crippen LogP contribution in [0.5, 0.6) is 0 Å². The number of benzene rings is 5.